The van der Waals surface area contributed by atoms with Crippen LogP contribution in [0.2, 0.25) is 0 Å². The third kappa shape index (κ3) is 4.52. The van der Waals surface area contributed by atoms with Crippen LogP contribution in [0.4, 0.5) is 10.8 Å². The number of anilines is 2. The number of nitrogens with one attached hydrogen (secondary N) is 3. The van der Waals surface area contributed by atoms with Crippen molar-refractivity contribution in [3.8, 4) is 0 Å². The first-order valence-electron chi connectivity index (χ1n) is 8.61. The summed E-state index contributed by atoms with van der Waals surface area (Å²) in [7, 11) is 0. The number of fused-ring (bicyclic) bond motifs is 1. The Labute approximate surface area is 164 Å². The fourth-order valence-corrected chi connectivity index (χ4v) is 3.30. The Bertz CT molecular complexity index is 926. The second-order valence-corrected chi connectivity index (χ2v) is 6.76. The number of rotatable bonds is 6. The summed E-state index contributed by atoms with van der Waals surface area (Å²) in [5, 5.41) is 9.64. The van der Waals surface area contributed by atoms with Gasteiger partial charge in [0.1, 0.15) is 6.04 Å². The molecule has 1 aromatic carbocycles. The van der Waals surface area contributed by atoms with Gasteiger partial charge in [-0.1, -0.05) is 12.1 Å². The van der Waals surface area contributed by atoms with E-state index in [0.29, 0.717) is 11.3 Å². The van der Waals surface area contributed by atoms with E-state index in [-0.39, 0.29) is 48.0 Å². The number of benzene rings is 1. The quantitative estimate of drug-likeness (QED) is 0.633. The van der Waals surface area contributed by atoms with Gasteiger partial charge in [0.15, 0.2) is 10.8 Å². The van der Waals surface area contributed by atoms with Crippen molar-refractivity contribution in [1.82, 2.24) is 10.3 Å². The summed E-state index contributed by atoms with van der Waals surface area (Å²) < 4.78 is 4.84. The average molecular weight is 402 g/mol. The van der Waals surface area contributed by atoms with Crippen molar-refractivity contribution in [2.75, 3.05) is 17.2 Å². The second kappa shape index (κ2) is 8.61. The molecule has 0 saturated heterocycles. The molecule has 3 N–H and O–H groups in total. The normalized spacial score (nSPS) is 15.7. The summed E-state index contributed by atoms with van der Waals surface area (Å²) in [6, 6.07) is 5.85. The third-order valence-corrected chi connectivity index (χ3v) is 4.70. The minimum absolute atomic E-state index is 0.0109. The molecule has 10 heteroatoms. The zero-order valence-electron chi connectivity index (χ0n) is 15.0. The first-order chi connectivity index (χ1) is 13.5. The zero-order valence-corrected chi connectivity index (χ0v) is 15.8. The fourth-order valence-electron chi connectivity index (χ4n) is 2.60. The van der Waals surface area contributed by atoms with Crippen LogP contribution in [-0.4, -0.2) is 41.3 Å². The maximum Gasteiger partial charge on any atom is 0.357 e. The molecule has 146 valence electrons. The predicted molar refractivity (Wildman–Crippen MR) is 102 cm³/mol. The molecule has 0 saturated carbocycles. The number of aromatic nitrogens is 1. The summed E-state index contributed by atoms with van der Waals surface area (Å²) in [4.78, 5) is 52.3. The summed E-state index contributed by atoms with van der Waals surface area (Å²) >= 11 is 1.10. The van der Waals surface area contributed by atoms with E-state index >= 15 is 0 Å². The maximum atomic E-state index is 12.3. The Morgan fingerprint density at radius 1 is 1.29 bits per heavy atom. The monoisotopic (exact) mass is 402 g/mol. The molecule has 1 aliphatic heterocycles. The minimum atomic E-state index is -0.836. The average Bonchev–Trinajstić information content (AvgIpc) is 3.09. The van der Waals surface area contributed by atoms with Gasteiger partial charge in [-0.2, -0.15) is 0 Å². The van der Waals surface area contributed by atoms with Crippen molar-refractivity contribution in [2.45, 2.75) is 25.8 Å². The van der Waals surface area contributed by atoms with Gasteiger partial charge in [-0.15, -0.1) is 11.3 Å². The highest BCUT2D eigenvalue weighted by molar-refractivity contribution is 7.14. The minimum Gasteiger partial charge on any atom is -0.461 e. The second-order valence-electron chi connectivity index (χ2n) is 5.91. The molecule has 0 spiro atoms. The van der Waals surface area contributed by atoms with Crippen molar-refractivity contribution in [1.29, 1.82) is 0 Å². The molecule has 2 heterocycles. The van der Waals surface area contributed by atoms with E-state index in [1.165, 1.54) is 5.38 Å². The molecule has 1 aromatic heterocycles. The van der Waals surface area contributed by atoms with E-state index in [9.17, 15) is 19.2 Å². The topological polar surface area (TPSA) is 126 Å². The third-order valence-electron chi connectivity index (χ3n) is 3.95. The molecular weight excluding hydrogens is 384 g/mol. The van der Waals surface area contributed by atoms with Gasteiger partial charge in [-0.25, -0.2) is 9.78 Å². The molecule has 1 aliphatic rings. The van der Waals surface area contributed by atoms with Crippen LogP contribution in [0.25, 0.3) is 0 Å². The summed E-state index contributed by atoms with van der Waals surface area (Å²) in [6.45, 7) is 1.92. The summed E-state index contributed by atoms with van der Waals surface area (Å²) in [6.07, 6.45) is 0.108. The van der Waals surface area contributed by atoms with Gasteiger partial charge >= 0.3 is 5.97 Å². The fraction of sp³-hybridized carbons (Fsp3) is 0.278. The molecule has 3 rings (SSSR count). The van der Waals surface area contributed by atoms with E-state index < -0.39 is 12.0 Å². The number of ether oxygens (including phenoxy) is 1. The Hall–Kier alpha value is -3.27. The molecule has 0 aliphatic carbocycles. The Kier molecular flexibility index (Phi) is 5.99. The number of thiazole rings is 1. The van der Waals surface area contributed by atoms with Gasteiger partial charge in [0, 0.05) is 11.8 Å². The number of esters is 1. The molecule has 0 unspecified atom stereocenters. The summed E-state index contributed by atoms with van der Waals surface area (Å²) in [5.41, 5.74) is 0.929. The molecule has 1 atom stereocenters. The van der Waals surface area contributed by atoms with E-state index in [4.69, 9.17) is 4.74 Å². The van der Waals surface area contributed by atoms with E-state index in [0.717, 1.165) is 11.3 Å². The van der Waals surface area contributed by atoms with E-state index in [1.54, 1.807) is 31.2 Å². The van der Waals surface area contributed by atoms with Gasteiger partial charge in [-0.3, -0.25) is 14.4 Å². The van der Waals surface area contributed by atoms with Gasteiger partial charge < -0.3 is 20.7 Å². The van der Waals surface area contributed by atoms with Crippen molar-refractivity contribution in [3.05, 3.63) is 40.9 Å². The van der Waals surface area contributed by atoms with Crippen LogP contribution in [0.1, 0.15) is 40.6 Å². The van der Waals surface area contributed by atoms with Gasteiger partial charge in [0.25, 0.3) is 5.91 Å². The lowest BCUT2D eigenvalue weighted by Crippen LogP contribution is -2.41. The number of amides is 3. The maximum absolute atomic E-state index is 12.3. The molecule has 28 heavy (non-hydrogen) atoms. The Morgan fingerprint density at radius 2 is 2.07 bits per heavy atom. The molecule has 0 fully saturated rings. The predicted octanol–water partition coefficient (Wildman–Crippen LogP) is 1.79. The molecule has 0 bridgehead atoms. The Morgan fingerprint density at radius 3 is 2.86 bits per heavy atom. The molecule has 9 nitrogen and oxygen atoms in total. The highest BCUT2D eigenvalue weighted by atomic mass is 32.1. The molecule has 0 radical (unpaired) electrons. The van der Waals surface area contributed by atoms with Crippen molar-refractivity contribution in [3.63, 3.8) is 0 Å². The molecule has 3 amide bonds. The molecular formula is C18H18N4O5S. The molecule has 2 aromatic rings. The van der Waals surface area contributed by atoms with Gasteiger partial charge in [0.05, 0.1) is 17.9 Å². The van der Waals surface area contributed by atoms with Crippen LogP contribution in [-0.2, 0) is 14.3 Å². The van der Waals surface area contributed by atoms with Gasteiger partial charge in [0.2, 0.25) is 11.8 Å². The lowest BCUT2D eigenvalue weighted by Gasteiger charge is -2.13. The van der Waals surface area contributed by atoms with Gasteiger partial charge in [-0.05, 0) is 25.5 Å². The van der Waals surface area contributed by atoms with Crippen molar-refractivity contribution in [2.24, 2.45) is 0 Å². The first kappa shape index (κ1) is 19.5. The SMILES string of the molecule is CCOC(=O)c1csc(NC(=O)CC[C@H]2NC(=O)c3ccccc3NC2=O)n1. The Balaban J connectivity index is 1.55. The van der Waals surface area contributed by atoms with Crippen LogP contribution in [0.5, 0.6) is 0 Å². The van der Waals surface area contributed by atoms with Crippen LogP contribution in [0.15, 0.2) is 29.6 Å². The number of hydrogen-bond donors (Lipinski definition) is 3. The number of carbonyl (C=O) groups is 4. The van der Waals surface area contributed by atoms with Crippen LogP contribution >= 0.6 is 11.3 Å². The van der Waals surface area contributed by atoms with E-state index in [2.05, 4.69) is 20.9 Å². The van der Waals surface area contributed by atoms with E-state index in [1.807, 2.05) is 0 Å². The number of nitrogens with zero attached hydrogens (tertiary/aromatic N) is 1. The smallest absolute Gasteiger partial charge is 0.357 e. The zero-order chi connectivity index (χ0) is 20.1. The first-order valence-corrected chi connectivity index (χ1v) is 9.49. The largest absolute Gasteiger partial charge is 0.461 e. The number of hydrogen-bond acceptors (Lipinski definition) is 7. The number of carbonyl (C=O) groups excluding carboxylic acids is 4. The highest BCUT2D eigenvalue weighted by Crippen LogP contribution is 2.20. The standard InChI is InChI=1S/C18H18N4O5S/c1-2-27-17(26)13-9-28-18(21-13)22-14(23)8-7-12-16(25)19-11-6-4-3-5-10(11)15(24)20-12/h3-6,9,12H,2,7-8H2,1H3,(H,19,25)(H,20,24)(H,21,22,23)/t12-/m1/s1. The van der Waals surface area contributed by atoms with Crippen LogP contribution in [0, 0.1) is 0 Å². The van der Waals surface area contributed by atoms with Crippen LogP contribution < -0.4 is 16.0 Å². The number of para-hydroxylation sites is 1. The lowest BCUT2D eigenvalue weighted by molar-refractivity contribution is -0.118. The van der Waals surface area contributed by atoms with Crippen molar-refractivity contribution < 1.29 is 23.9 Å². The van der Waals surface area contributed by atoms with Crippen LogP contribution in [0.3, 0.4) is 0 Å². The highest BCUT2D eigenvalue weighted by Gasteiger charge is 2.28. The van der Waals surface area contributed by atoms with Crippen molar-refractivity contribution >= 4 is 45.8 Å². The lowest BCUT2D eigenvalue weighted by atomic mass is 10.1. The summed E-state index contributed by atoms with van der Waals surface area (Å²) in [5.74, 6) is -1.70.